The maximum atomic E-state index is 9.79. The zero-order valence-electron chi connectivity index (χ0n) is 9.00. The Hall–Kier alpha value is -0.410. The number of thiocarbonyl (C=S) groups is 1. The molecule has 92 valence electrons. The van der Waals surface area contributed by atoms with Crippen molar-refractivity contribution in [3.63, 3.8) is 0 Å². The number of rotatable bonds is 3. The molecule has 1 rings (SSSR count). The third-order valence-corrected chi connectivity index (χ3v) is 3.28. The summed E-state index contributed by atoms with van der Waals surface area (Å²) in [6, 6.07) is 3.60. The molecule has 0 aliphatic rings. The molecule has 0 aliphatic heterocycles. The van der Waals surface area contributed by atoms with E-state index in [0.29, 0.717) is 10.7 Å². The van der Waals surface area contributed by atoms with Crippen molar-refractivity contribution < 1.29 is 5.11 Å². The molecule has 0 aliphatic carbocycles. The fourth-order valence-corrected chi connectivity index (χ4v) is 2.79. The number of phenolic OH excluding ortho intramolecular Hbond substituents is 1. The molecule has 0 saturated heterocycles. The van der Waals surface area contributed by atoms with Crippen molar-refractivity contribution in [3.8, 4) is 5.75 Å². The molecule has 0 unspecified atom stereocenters. The number of phenols is 1. The molecule has 0 fully saturated rings. The minimum Gasteiger partial charge on any atom is -0.506 e. The highest BCUT2D eigenvalue weighted by molar-refractivity contribution is 14.1. The van der Waals surface area contributed by atoms with Crippen LogP contribution in [0, 0.1) is 3.57 Å². The molecule has 7 heteroatoms. The lowest BCUT2D eigenvalue weighted by Gasteiger charge is -2.04. The highest BCUT2D eigenvalue weighted by Gasteiger charge is 2.04. The molecular formula is C10H11BrIN3OS. The minimum absolute atomic E-state index is 0.203. The molecule has 3 N–H and O–H groups in total. The van der Waals surface area contributed by atoms with Gasteiger partial charge >= 0.3 is 0 Å². The van der Waals surface area contributed by atoms with Gasteiger partial charge < -0.3 is 10.4 Å². The third-order valence-electron chi connectivity index (χ3n) is 1.76. The Morgan fingerprint density at radius 1 is 1.65 bits per heavy atom. The topological polar surface area (TPSA) is 56.7 Å². The fraction of sp³-hybridized carbons (Fsp3) is 0.200. The highest BCUT2D eigenvalue weighted by Crippen LogP contribution is 2.27. The van der Waals surface area contributed by atoms with Crippen LogP contribution in [0.2, 0.25) is 0 Å². The molecule has 0 bridgehead atoms. The van der Waals surface area contributed by atoms with Crippen LogP contribution in [0.3, 0.4) is 0 Å². The molecule has 4 nitrogen and oxygen atoms in total. The van der Waals surface area contributed by atoms with Gasteiger partial charge in [0.1, 0.15) is 5.75 Å². The molecule has 0 heterocycles. The number of hydrogen-bond donors (Lipinski definition) is 3. The summed E-state index contributed by atoms with van der Waals surface area (Å²) in [6.45, 7) is 2.68. The molecule has 0 atom stereocenters. The normalized spacial score (nSPS) is 10.5. The molecular weight excluding hydrogens is 417 g/mol. The van der Waals surface area contributed by atoms with E-state index >= 15 is 0 Å². The standard InChI is InChI=1S/C10H11BrIN3OS/c1-2-13-10(17)15-14-5-6-3-7(11)4-8(12)9(6)16/h3-5,16H,2H2,1H3,(H2,13,15,17)/b14-5+. The Balaban J connectivity index is 2.74. The van der Waals surface area contributed by atoms with Gasteiger partial charge in [0.25, 0.3) is 0 Å². The quantitative estimate of drug-likeness (QED) is 0.300. The van der Waals surface area contributed by atoms with E-state index in [1.165, 1.54) is 6.21 Å². The van der Waals surface area contributed by atoms with E-state index in [9.17, 15) is 5.11 Å². The summed E-state index contributed by atoms with van der Waals surface area (Å²) in [4.78, 5) is 0. The van der Waals surface area contributed by atoms with Crippen LogP contribution in [0.4, 0.5) is 0 Å². The zero-order chi connectivity index (χ0) is 12.8. The van der Waals surface area contributed by atoms with Gasteiger partial charge in [-0.05, 0) is 53.9 Å². The largest absolute Gasteiger partial charge is 0.506 e. The number of nitrogens with zero attached hydrogens (tertiary/aromatic N) is 1. The van der Waals surface area contributed by atoms with Crippen molar-refractivity contribution in [1.82, 2.24) is 10.7 Å². The third kappa shape index (κ3) is 4.76. The van der Waals surface area contributed by atoms with Crippen molar-refractivity contribution in [1.29, 1.82) is 0 Å². The number of halogens is 2. The maximum absolute atomic E-state index is 9.79. The van der Waals surface area contributed by atoms with Gasteiger partial charge in [0, 0.05) is 16.6 Å². The molecule has 1 aromatic rings. The Kier molecular flexibility index (Phi) is 6.14. The van der Waals surface area contributed by atoms with Gasteiger partial charge in [0.05, 0.1) is 9.78 Å². The smallest absolute Gasteiger partial charge is 0.186 e. The lowest BCUT2D eigenvalue weighted by atomic mass is 10.2. The summed E-state index contributed by atoms with van der Waals surface area (Å²) in [7, 11) is 0. The van der Waals surface area contributed by atoms with Crippen LogP contribution in [0.15, 0.2) is 21.7 Å². The predicted octanol–water partition coefficient (Wildman–Crippen LogP) is 2.58. The van der Waals surface area contributed by atoms with E-state index in [0.717, 1.165) is 14.6 Å². The fourth-order valence-electron chi connectivity index (χ4n) is 1.04. The van der Waals surface area contributed by atoms with Gasteiger partial charge in [-0.25, -0.2) is 0 Å². The number of aromatic hydroxyl groups is 1. The second-order valence-corrected chi connectivity index (χ2v) is 5.54. The molecule has 17 heavy (non-hydrogen) atoms. The van der Waals surface area contributed by atoms with E-state index < -0.39 is 0 Å². The Bertz CT molecular complexity index is 453. The van der Waals surface area contributed by atoms with Gasteiger partial charge in [-0.15, -0.1) is 0 Å². The Labute approximate surface area is 127 Å². The molecule has 0 saturated carbocycles. The lowest BCUT2D eigenvalue weighted by molar-refractivity contribution is 0.470. The summed E-state index contributed by atoms with van der Waals surface area (Å²) in [5.41, 5.74) is 3.28. The SMILES string of the molecule is CCNC(=S)N/N=C/c1cc(Br)cc(I)c1O. The van der Waals surface area contributed by atoms with E-state index in [1.54, 1.807) is 6.07 Å². The first-order chi connectivity index (χ1) is 8.04. The summed E-state index contributed by atoms with van der Waals surface area (Å²) in [5, 5.41) is 17.1. The van der Waals surface area contributed by atoms with Crippen LogP contribution in [-0.2, 0) is 0 Å². The van der Waals surface area contributed by atoms with Crippen LogP contribution in [0.5, 0.6) is 5.75 Å². The van der Waals surface area contributed by atoms with Crippen LogP contribution in [0.1, 0.15) is 12.5 Å². The Morgan fingerprint density at radius 3 is 3.00 bits per heavy atom. The van der Waals surface area contributed by atoms with Crippen LogP contribution in [-0.4, -0.2) is 23.0 Å². The second kappa shape index (κ2) is 7.12. The first-order valence-corrected chi connectivity index (χ1v) is 7.07. The monoisotopic (exact) mass is 427 g/mol. The second-order valence-electron chi connectivity index (χ2n) is 3.05. The first kappa shape index (κ1) is 14.7. The molecule has 0 aromatic heterocycles. The van der Waals surface area contributed by atoms with Crippen molar-refractivity contribution in [2.75, 3.05) is 6.54 Å². The minimum atomic E-state index is 0.203. The van der Waals surface area contributed by atoms with Gasteiger partial charge in [0.15, 0.2) is 5.11 Å². The predicted molar refractivity (Wildman–Crippen MR) is 85.5 cm³/mol. The summed E-state index contributed by atoms with van der Waals surface area (Å²) in [5.74, 6) is 0.203. The van der Waals surface area contributed by atoms with Gasteiger partial charge in [0.2, 0.25) is 0 Å². The van der Waals surface area contributed by atoms with Gasteiger partial charge in [-0.1, -0.05) is 15.9 Å². The molecule has 1 aromatic carbocycles. The number of hydrazone groups is 1. The van der Waals surface area contributed by atoms with Gasteiger partial charge in [-0.3, -0.25) is 5.43 Å². The highest BCUT2D eigenvalue weighted by atomic mass is 127. The molecule has 0 radical (unpaired) electrons. The number of hydrogen-bond acceptors (Lipinski definition) is 3. The summed E-state index contributed by atoms with van der Waals surface area (Å²) < 4.78 is 1.64. The number of nitrogens with one attached hydrogen (secondary N) is 2. The van der Waals surface area contributed by atoms with E-state index in [1.807, 2.05) is 13.0 Å². The van der Waals surface area contributed by atoms with E-state index in [2.05, 4.69) is 54.4 Å². The molecule has 0 amide bonds. The molecule has 0 spiro atoms. The summed E-state index contributed by atoms with van der Waals surface area (Å²) >= 11 is 10.4. The van der Waals surface area contributed by atoms with E-state index in [-0.39, 0.29) is 5.75 Å². The average Bonchev–Trinajstić information content (AvgIpc) is 2.25. The van der Waals surface area contributed by atoms with Crippen LogP contribution in [0.25, 0.3) is 0 Å². The summed E-state index contributed by atoms with van der Waals surface area (Å²) in [6.07, 6.45) is 1.52. The lowest BCUT2D eigenvalue weighted by Crippen LogP contribution is -2.31. The Morgan fingerprint density at radius 2 is 2.35 bits per heavy atom. The van der Waals surface area contributed by atoms with Crippen molar-refractivity contribution in [3.05, 3.63) is 25.7 Å². The maximum Gasteiger partial charge on any atom is 0.186 e. The van der Waals surface area contributed by atoms with Gasteiger partial charge in [-0.2, -0.15) is 5.10 Å². The van der Waals surface area contributed by atoms with Crippen LogP contribution < -0.4 is 10.7 Å². The zero-order valence-corrected chi connectivity index (χ0v) is 13.6. The van der Waals surface area contributed by atoms with Crippen molar-refractivity contribution in [2.24, 2.45) is 5.10 Å². The number of benzene rings is 1. The van der Waals surface area contributed by atoms with Crippen molar-refractivity contribution in [2.45, 2.75) is 6.92 Å². The first-order valence-electron chi connectivity index (χ1n) is 4.79. The van der Waals surface area contributed by atoms with E-state index in [4.69, 9.17) is 12.2 Å². The average molecular weight is 428 g/mol. The van der Waals surface area contributed by atoms with Crippen molar-refractivity contribution >= 4 is 62.1 Å². The van der Waals surface area contributed by atoms with Crippen LogP contribution >= 0.6 is 50.7 Å².